The first kappa shape index (κ1) is 17.4. The number of methoxy groups -OCH3 is 1. The Labute approximate surface area is 122 Å². The van der Waals surface area contributed by atoms with Crippen molar-refractivity contribution in [3.63, 3.8) is 0 Å². The molecule has 1 fully saturated rings. The molecule has 5 nitrogen and oxygen atoms in total. The average Bonchev–Trinajstić information content (AvgIpc) is 2.44. The fourth-order valence-electron chi connectivity index (χ4n) is 2.60. The van der Waals surface area contributed by atoms with Gasteiger partial charge in [-0.25, -0.2) is 0 Å². The van der Waals surface area contributed by atoms with Crippen LogP contribution < -0.4 is 10.6 Å². The summed E-state index contributed by atoms with van der Waals surface area (Å²) in [6, 6.07) is 0. The molecule has 3 N–H and O–H groups in total. The lowest BCUT2D eigenvalue weighted by Gasteiger charge is -2.28. The van der Waals surface area contributed by atoms with Crippen molar-refractivity contribution < 1.29 is 14.6 Å². The van der Waals surface area contributed by atoms with Crippen LogP contribution >= 0.6 is 0 Å². The average molecular weight is 286 g/mol. The highest BCUT2D eigenvalue weighted by molar-refractivity contribution is 5.76. The largest absolute Gasteiger partial charge is 0.388 e. The van der Waals surface area contributed by atoms with E-state index in [0.29, 0.717) is 31.3 Å². The first-order valence-electron chi connectivity index (χ1n) is 7.63. The van der Waals surface area contributed by atoms with Gasteiger partial charge in [-0.1, -0.05) is 6.92 Å². The van der Waals surface area contributed by atoms with Gasteiger partial charge in [-0.3, -0.25) is 4.79 Å². The van der Waals surface area contributed by atoms with Gasteiger partial charge in [0, 0.05) is 33.1 Å². The Morgan fingerprint density at radius 3 is 2.95 bits per heavy atom. The Morgan fingerprint density at radius 1 is 1.60 bits per heavy atom. The van der Waals surface area contributed by atoms with Gasteiger partial charge in [-0.05, 0) is 44.7 Å². The number of amides is 1. The highest BCUT2D eigenvalue weighted by Gasteiger charge is 2.24. The van der Waals surface area contributed by atoms with Gasteiger partial charge in [-0.15, -0.1) is 0 Å². The second kappa shape index (κ2) is 8.60. The highest BCUT2D eigenvalue weighted by Crippen LogP contribution is 2.22. The molecule has 1 saturated heterocycles. The molecule has 20 heavy (non-hydrogen) atoms. The molecule has 0 aliphatic carbocycles. The van der Waals surface area contributed by atoms with Crippen LogP contribution in [0.25, 0.3) is 0 Å². The first-order chi connectivity index (χ1) is 9.44. The second-order valence-corrected chi connectivity index (χ2v) is 6.30. The molecule has 1 aliphatic rings. The van der Waals surface area contributed by atoms with Gasteiger partial charge in [0.15, 0.2) is 0 Å². The van der Waals surface area contributed by atoms with E-state index in [1.54, 1.807) is 14.0 Å². The van der Waals surface area contributed by atoms with E-state index >= 15 is 0 Å². The molecular weight excluding hydrogens is 256 g/mol. The van der Waals surface area contributed by atoms with Crippen LogP contribution in [0.5, 0.6) is 0 Å². The number of piperidine rings is 1. The zero-order valence-corrected chi connectivity index (χ0v) is 13.1. The van der Waals surface area contributed by atoms with Crippen LogP contribution in [0.2, 0.25) is 0 Å². The SMILES string of the molecule is COCCC(C)(O)CNC(=O)CC(C)C1CCCNC1. The molecule has 3 unspecified atom stereocenters. The van der Waals surface area contributed by atoms with Crippen LogP contribution in [0, 0.1) is 11.8 Å². The summed E-state index contributed by atoms with van der Waals surface area (Å²) >= 11 is 0. The number of nitrogens with one attached hydrogen (secondary N) is 2. The number of carbonyl (C=O) groups excluding carboxylic acids is 1. The van der Waals surface area contributed by atoms with Crippen LogP contribution in [0.3, 0.4) is 0 Å². The first-order valence-corrected chi connectivity index (χ1v) is 7.63. The Balaban J connectivity index is 2.25. The minimum Gasteiger partial charge on any atom is -0.388 e. The van der Waals surface area contributed by atoms with Gasteiger partial charge < -0.3 is 20.5 Å². The summed E-state index contributed by atoms with van der Waals surface area (Å²) in [5.41, 5.74) is -0.901. The molecule has 0 bridgehead atoms. The van der Waals surface area contributed by atoms with Crippen molar-refractivity contribution in [1.82, 2.24) is 10.6 Å². The minimum absolute atomic E-state index is 0.0285. The lowest BCUT2D eigenvalue weighted by Crippen LogP contribution is -2.42. The quantitative estimate of drug-likeness (QED) is 0.620. The third-order valence-electron chi connectivity index (χ3n) is 4.16. The summed E-state index contributed by atoms with van der Waals surface area (Å²) in [5, 5.41) is 16.3. The van der Waals surface area contributed by atoms with Gasteiger partial charge in [0.05, 0.1) is 5.60 Å². The van der Waals surface area contributed by atoms with Crippen molar-refractivity contribution in [2.75, 3.05) is 33.4 Å². The van der Waals surface area contributed by atoms with Gasteiger partial charge in [0.1, 0.15) is 0 Å². The predicted octanol–water partition coefficient (Wildman–Crippen LogP) is 0.916. The zero-order valence-electron chi connectivity index (χ0n) is 13.1. The van der Waals surface area contributed by atoms with Crippen LogP contribution in [-0.2, 0) is 9.53 Å². The second-order valence-electron chi connectivity index (χ2n) is 6.30. The summed E-state index contributed by atoms with van der Waals surface area (Å²) in [6.07, 6.45) is 3.45. The fraction of sp³-hybridized carbons (Fsp3) is 0.933. The molecule has 0 aromatic carbocycles. The van der Waals surface area contributed by atoms with Crippen molar-refractivity contribution in [1.29, 1.82) is 0 Å². The Hall–Kier alpha value is -0.650. The Kier molecular flexibility index (Phi) is 7.48. The van der Waals surface area contributed by atoms with E-state index < -0.39 is 5.60 Å². The summed E-state index contributed by atoms with van der Waals surface area (Å²) in [4.78, 5) is 11.9. The Morgan fingerprint density at radius 2 is 2.35 bits per heavy atom. The third-order valence-corrected chi connectivity index (χ3v) is 4.16. The van der Waals surface area contributed by atoms with Crippen LogP contribution in [0.4, 0.5) is 0 Å². The molecule has 0 aromatic heterocycles. The smallest absolute Gasteiger partial charge is 0.220 e. The summed E-state index contributed by atoms with van der Waals surface area (Å²) in [7, 11) is 1.61. The number of rotatable bonds is 8. The molecule has 0 aromatic rings. The van der Waals surface area contributed by atoms with E-state index in [0.717, 1.165) is 13.1 Å². The molecule has 0 saturated carbocycles. The molecule has 1 rings (SSSR count). The van der Waals surface area contributed by atoms with Crippen molar-refractivity contribution in [2.24, 2.45) is 11.8 Å². The van der Waals surface area contributed by atoms with Gasteiger partial charge in [-0.2, -0.15) is 0 Å². The third kappa shape index (κ3) is 6.68. The van der Waals surface area contributed by atoms with Gasteiger partial charge in [0.2, 0.25) is 5.91 Å². The zero-order chi connectivity index (χ0) is 15.0. The molecule has 1 amide bonds. The molecule has 3 atom stereocenters. The molecule has 1 heterocycles. The van der Waals surface area contributed by atoms with E-state index in [2.05, 4.69) is 17.6 Å². The summed E-state index contributed by atoms with van der Waals surface area (Å²) in [5.74, 6) is 0.996. The standard InChI is InChI=1S/C15H30N2O3/c1-12(13-5-4-7-16-10-13)9-14(18)17-11-15(2,19)6-8-20-3/h12-13,16,19H,4-11H2,1-3H3,(H,17,18). The molecule has 1 aliphatic heterocycles. The summed E-state index contributed by atoms with van der Waals surface area (Å²) in [6.45, 7) is 6.75. The minimum atomic E-state index is -0.901. The predicted molar refractivity (Wildman–Crippen MR) is 79.5 cm³/mol. The number of hydrogen-bond donors (Lipinski definition) is 3. The number of aliphatic hydroxyl groups is 1. The van der Waals surface area contributed by atoms with Crippen molar-refractivity contribution >= 4 is 5.91 Å². The maximum absolute atomic E-state index is 11.9. The lowest BCUT2D eigenvalue weighted by atomic mass is 9.85. The van der Waals surface area contributed by atoms with E-state index in [9.17, 15) is 9.90 Å². The molecule has 0 radical (unpaired) electrons. The molecule has 118 valence electrons. The van der Waals surface area contributed by atoms with E-state index in [1.807, 2.05) is 0 Å². The van der Waals surface area contributed by atoms with Crippen molar-refractivity contribution in [3.8, 4) is 0 Å². The topological polar surface area (TPSA) is 70.6 Å². The normalized spacial score (nSPS) is 23.9. The van der Waals surface area contributed by atoms with Crippen molar-refractivity contribution in [3.05, 3.63) is 0 Å². The number of ether oxygens (including phenoxy) is 1. The lowest BCUT2D eigenvalue weighted by molar-refractivity contribution is -0.123. The van der Waals surface area contributed by atoms with Crippen LogP contribution in [0.1, 0.15) is 39.5 Å². The maximum Gasteiger partial charge on any atom is 0.220 e. The maximum atomic E-state index is 11.9. The van der Waals surface area contributed by atoms with Crippen LogP contribution in [-0.4, -0.2) is 50.0 Å². The monoisotopic (exact) mass is 286 g/mol. The molecule has 5 heteroatoms. The summed E-state index contributed by atoms with van der Waals surface area (Å²) < 4.78 is 4.95. The van der Waals surface area contributed by atoms with E-state index in [-0.39, 0.29) is 12.5 Å². The van der Waals surface area contributed by atoms with E-state index in [1.165, 1.54) is 12.8 Å². The highest BCUT2D eigenvalue weighted by atomic mass is 16.5. The number of hydrogen-bond acceptors (Lipinski definition) is 4. The Bertz CT molecular complexity index is 289. The van der Waals surface area contributed by atoms with Crippen molar-refractivity contribution in [2.45, 2.75) is 45.1 Å². The van der Waals surface area contributed by atoms with Crippen LogP contribution in [0.15, 0.2) is 0 Å². The molecule has 0 spiro atoms. The van der Waals surface area contributed by atoms with Gasteiger partial charge in [0.25, 0.3) is 0 Å². The van der Waals surface area contributed by atoms with E-state index in [4.69, 9.17) is 4.74 Å². The van der Waals surface area contributed by atoms with Gasteiger partial charge >= 0.3 is 0 Å². The molecular formula is C15H30N2O3. The fourth-order valence-corrected chi connectivity index (χ4v) is 2.60. The number of carbonyl (C=O) groups is 1.